The first-order valence-electron chi connectivity index (χ1n) is 5.21. The molecule has 0 atom stereocenters. The Labute approximate surface area is 80.1 Å². The predicted molar refractivity (Wildman–Crippen MR) is 51.5 cm³/mol. The molecule has 1 saturated heterocycles. The SMILES string of the molecule is CCOC(=O)CCN1CCCCC1. The number of carbonyl (C=O) groups is 1. The Morgan fingerprint density at radius 3 is 2.62 bits per heavy atom. The molecule has 1 fully saturated rings. The molecule has 3 heteroatoms. The van der Waals surface area contributed by atoms with E-state index in [0.29, 0.717) is 13.0 Å². The third-order valence-electron chi connectivity index (χ3n) is 2.39. The molecule has 0 bridgehead atoms. The first kappa shape index (κ1) is 10.5. The van der Waals surface area contributed by atoms with Crippen LogP contribution in [0.15, 0.2) is 0 Å². The standard InChI is InChI=1S/C10H19NO2/c1-2-13-10(12)6-9-11-7-4-3-5-8-11/h2-9H2,1H3. The molecule has 0 unspecified atom stereocenters. The zero-order chi connectivity index (χ0) is 9.52. The van der Waals surface area contributed by atoms with Crippen molar-refractivity contribution >= 4 is 5.97 Å². The van der Waals surface area contributed by atoms with Gasteiger partial charge in [0.05, 0.1) is 13.0 Å². The van der Waals surface area contributed by atoms with E-state index in [-0.39, 0.29) is 5.97 Å². The van der Waals surface area contributed by atoms with Crippen LogP contribution in [0.2, 0.25) is 0 Å². The van der Waals surface area contributed by atoms with Crippen molar-refractivity contribution in [2.45, 2.75) is 32.6 Å². The Balaban J connectivity index is 2.06. The number of hydrogen-bond donors (Lipinski definition) is 0. The van der Waals surface area contributed by atoms with Crippen molar-refractivity contribution in [3.63, 3.8) is 0 Å². The number of likely N-dealkylation sites (tertiary alicyclic amines) is 1. The molecule has 0 amide bonds. The van der Waals surface area contributed by atoms with Crippen molar-refractivity contribution in [1.29, 1.82) is 0 Å². The zero-order valence-electron chi connectivity index (χ0n) is 8.42. The lowest BCUT2D eigenvalue weighted by molar-refractivity contribution is -0.143. The molecule has 0 spiro atoms. The fourth-order valence-electron chi connectivity index (χ4n) is 1.67. The average molecular weight is 185 g/mol. The minimum Gasteiger partial charge on any atom is -0.466 e. The molecule has 1 rings (SSSR count). The van der Waals surface area contributed by atoms with Crippen LogP contribution in [0.25, 0.3) is 0 Å². The van der Waals surface area contributed by atoms with Crippen molar-refractivity contribution < 1.29 is 9.53 Å². The van der Waals surface area contributed by atoms with Crippen molar-refractivity contribution in [1.82, 2.24) is 4.90 Å². The normalized spacial score (nSPS) is 18.5. The summed E-state index contributed by atoms with van der Waals surface area (Å²) >= 11 is 0. The van der Waals surface area contributed by atoms with E-state index in [2.05, 4.69) is 4.90 Å². The van der Waals surface area contributed by atoms with Gasteiger partial charge in [0.25, 0.3) is 0 Å². The Hall–Kier alpha value is -0.570. The van der Waals surface area contributed by atoms with E-state index in [1.165, 1.54) is 19.3 Å². The van der Waals surface area contributed by atoms with E-state index >= 15 is 0 Å². The highest BCUT2D eigenvalue weighted by atomic mass is 16.5. The summed E-state index contributed by atoms with van der Waals surface area (Å²) in [5.74, 6) is -0.0620. The summed E-state index contributed by atoms with van der Waals surface area (Å²) in [5, 5.41) is 0. The van der Waals surface area contributed by atoms with E-state index in [1.807, 2.05) is 6.92 Å². The Morgan fingerprint density at radius 2 is 2.00 bits per heavy atom. The molecule has 1 aliphatic heterocycles. The first-order chi connectivity index (χ1) is 6.33. The molecule has 1 aliphatic rings. The van der Waals surface area contributed by atoms with Crippen molar-refractivity contribution in [3.05, 3.63) is 0 Å². The molecule has 0 aliphatic carbocycles. The van der Waals surface area contributed by atoms with E-state index < -0.39 is 0 Å². The van der Waals surface area contributed by atoms with Gasteiger partial charge in [-0.2, -0.15) is 0 Å². The molecular weight excluding hydrogens is 166 g/mol. The molecule has 0 radical (unpaired) electrons. The topological polar surface area (TPSA) is 29.5 Å². The average Bonchev–Trinajstić information content (AvgIpc) is 2.17. The molecular formula is C10H19NO2. The number of ether oxygens (including phenoxy) is 1. The fraction of sp³-hybridized carbons (Fsp3) is 0.900. The highest BCUT2D eigenvalue weighted by molar-refractivity contribution is 5.69. The van der Waals surface area contributed by atoms with Crippen LogP contribution in [-0.2, 0) is 9.53 Å². The van der Waals surface area contributed by atoms with Crippen molar-refractivity contribution in [2.24, 2.45) is 0 Å². The molecule has 0 aromatic rings. The summed E-state index contributed by atoms with van der Waals surface area (Å²) in [5.41, 5.74) is 0. The van der Waals surface area contributed by atoms with Gasteiger partial charge in [-0.3, -0.25) is 4.79 Å². The number of esters is 1. The number of carbonyl (C=O) groups excluding carboxylic acids is 1. The van der Waals surface area contributed by atoms with Crippen LogP contribution in [0.4, 0.5) is 0 Å². The fourth-order valence-corrected chi connectivity index (χ4v) is 1.67. The van der Waals surface area contributed by atoms with Gasteiger partial charge in [0, 0.05) is 6.54 Å². The maximum atomic E-state index is 11.0. The lowest BCUT2D eigenvalue weighted by Crippen LogP contribution is -2.31. The summed E-state index contributed by atoms with van der Waals surface area (Å²) in [7, 11) is 0. The Kier molecular flexibility index (Phi) is 4.83. The highest BCUT2D eigenvalue weighted by Crippen LogP contribution is 2.08. The van der Waals surface area contributed by atoms with Gasteiger partial charge in [-0.25, -0.2) is 0 Å². The molecule has 0 aromatic carbocycles. The first-order valence-corrected chi connectivity index (χ1v) is 5.21. The molecule has 0 aromatic heterocycles. The smallest absolute Gasteiger partial charge is 0.307 e. The van der Waals surface area contributed by atoms with Crippen LogP contribution in [-0.4, -0.2) is 37.1 Å². The second-order valence-electron chi connectivity index (χ2n) is 3.46. The van der Waals surface area contributed by atoms with Gasteiger partial charge in [0.1, 0.15) is 0 Å². The lowest BCUT2D eigenvalue weighted by Gasteiger charge is -2.25. The van der Waals surface area contributed by atoms with Gasteiger partial charge in [0.2, 0.25) is 0 Å². The van der Waals surface area contributed by atoms with Crippen molar-refractivity contribution in [2.75, 3.05) is 26.2 Å². The van der Waals surface area contributed by atoms with Crippen LogP contribution >= 0.6 is 0 Å². The number of piperidine rings is 1. The molecule has 0 N–H and O–H groups in total. The van der Waals surface area contributed by atoms with Crippen LogP contribution in [0.1, 0.15) is 32.6 Å². The number of nitrogens with zero attached hydrogens (tertiary/aromatic N) is 1. The summed E-state index contributed by atoms with van der Waals surface area (Å²) in [6, 6.07) is 0. The summed E-state index contributed by atoms with van der Waals surface area (Å²) < 4.78 is 4.87. The second kappa shape index (κ2) is 5.97. The predicted octanol–water partition coefficient (Wildman–Crippen LogP) is 1.43. The zero-order valence-corrected chi connectivity index (χ0v) is 8.42. The van der Waals surface area contributed by atoms with E-state index in [1.54, 1.807) is 0 Å². The number of hydrogen-bond acceptors (Lipinski definition) is 3. The Bertz CT molecular complexity index is 153. The molecule has 3 nitrogen and oxygen atoms in total. The van der Waals surface area contributed by atoms with Crippen LogP contribution in [0.5, 0.6) is 0 Å². The van der Waals surface area contributed by atoms with Gasteiger partial charge in [-0.1, -0.05) is 6.42 Å². The van der Waals surface area contributed by atoms with Crippen LogP contribution in [0, 0.1) is 0 Å². The van der Waals surface area contributed by atoms with E-state index in [0.717, 1.165) is 19.6 Å². The molecule has 0 saturated carbocycles. The third-order valence-corrected chi connectivity index (χ3v) is 2.39. The highest BCUT2D eigenvalue weighted by Gasteiger charge is 2.11. The minimum atomic E-state index is -0.0620. The van der Waals surface area contributed by atoms with Gasteiger partial charge in [-0.05, 0) is 32.9 Å². The van der Waals surface area contributed by atoms with Gasteiger partial charge < -0.3 is 9.64 Å². The van der Waals surface area contributed by atoms with Gasteiger partial charge in [-0.15, -0.1) is 0 Å². The van der Waals surface area contributed by atoms with E-state index in [9.17, 15) is 4.79 Å². The quantitative estimate of drug-likeness (QED) is 0.620. The summed E-state index contributed by atoms with van der Waals surface area (Å²) in [6.07, 6.45) is 4.45. The molecule has 76 valence electrons. The summed E-state index contributed by atoms with van der Waals surface area (Å²) in [4.78, 5) is 13.4. The minimum absolute atomic E-state index is 0.0620. The maximum Gasteiger partial charge on any atom is 0.307 e. The monoisotopic (exact) mass is 185 g/mol. The third kappa shape index (κ3) is 4.27. The van der Waals surface area contributed by atoms with Crippen molar-refractivity contribution in [3.8, 4) is 0 Å². The number of rotatable bonds is 4. The Morgan fingerprint density at radius 1 is 1.31 bits per heavy atom. The summed E-state index contributed by atoms with van der Waals surface area (Å²) in [6.45, 7) is 5.52. The molecule has 1 heterocycles. The van der Waals surface area contributed by atoms with Crippen LogP contribution < -0.4 is 0 Å². The van der Waals surface area contributed by atoms with Gasteiger partial charge in [0.15, 0.2) is 0 Å². The van der Waals surface area contributed by atoms with Gasteiger partial charge >= 0.3 is 5.97 Å². The van der Waals surface area contributed by atoms with E-state index in [4.69, 9.17) is 4.74 Å². The van der Waals surface area contributed by atoms with Crippen LogP contribution in [0.3, 0.4) is 0 Å². The lowest BCUT2D eigenvalue weighted by atomic mass is 10.1. The second-order valence-corrected chi connectivity index (χ2v) is 3.46. The maximum absolute atomic E-state index is 11.0. The molecule has 13 heavy (non-hydrogen) atoms. The largest absolute Gasteiger partial charge is 0.466 e.